The summed E-state index contributed by atoms with van der Waals surface area (Å²) in [5.41, 5.74) is -0.661. The van der Waals surface area contributed by atoms with Crippen LogP contribution in [0.25, 0.3) is 0 Å². The van der Waals surface area contributed by atoms with E-state index in [9.17, 15) is 27.9 Å². The van der Waals surface area contributed by atoms with Crippen molar-refractivity contribution in [2.75, 3.05) is 5.32 Å². The number of para-hydroxylation sites is 1. The molecule has 9 heteroatoms. The second-order valence-electron chi connectivity index (χ2n) is 6.10. The fourth-order valence-electron chi connectivity index (χ4n) is 2.71. The lowest BCUT2D eigenvalue weighted by Gasteiger charge is -2.14. The van der Waals surface area contributed by atoms with Crippen molar-refractivity contribution in [2.45, 2.75) is 4.90 Å². The van der Waals surface area contributed by atoms with E-state index in [1.165, 1.54) is 18.2 Å². The maximum Gasteiger partial charge on any atom is 0.336 e. The van der Waals surface area contributed by atoms with Crippen LogP contribution in [0.3, 0.4) is 0 Å². The molecule has 0 atom stereocenters. The fourth-order valence-corrected chi connectivity index (χ4v) is 3.91. The summed E-state index contributed by atoms with van der Waals surface area (Å²) in [4.78, 5) is 36.1. The predicted molar refractivity (Wildman–Crippen MR) is 109 cm³/mol. The van der Waals surface area contributed by atoms with Gasteiger partial charge in [0.05, 0.1) is 11.1 Å². The van der Waals surface area contributed by atoms with Crippen molar-refractivity contribution >= 4 is 33.5 Å². The first-order valence-corrected chi connectivity index (χ1v) is 10.1. The largest absolute Gasteiger partial charge is 0.478 e. The number of carbonyl (C=O) groups excluding carboxylic acids is 2. The molecule has 0 radical (unpaired) electrons. The van der Waals surface area contributed by atoms with Crippen LogP contribution in [0.2, 0.25) is 0 Å². The van der Waals surface area contributed by atoms with Crippen LogP contribution < -0.4 is 10.0 Å². The number of benzene rings is 3. The second kappa shape index (κ2) is 8.58. The van der Waals surface area contributed by atoms with E-state index in [1.807, 2.05) is 4.72 Å². The van der Waals surface area contributed by atoms with Gasteiger partial charge in [-0.2, -0.15) is 0 Å². The van der Waals surface area contributed by atoms with E-state index in [0.29, 0.717) is 5.69 Å². The minimum Gasteiger partial charge on any atom is -0.478 e. The van der Waals surface area contributed by atoms with Crippen LogP contribution in [-0.2, 0) is 10.0 Å². The third-order valence-electron chi connectivity index (χ3n) is 4.07. The summed E-state index contributed by atoms with van der Waals surface area (Å²) >= 11 is 0. The zero-order chi connectivity index (χ0) is 21.7. The molecule has 0 saturated carbocycles. The number of hydrogen-bond acceptors (Lipinski definition) is 5. The van der Waals surface area contributed by atoms with Crippen molar-refractivity contribution < 1.29 is 27.9 Å². The number of carboxylic acids is 1. The molecule has 0 bridgehead atoms. The van der Waals surface area contributed by atoms with Crippen LogP contribution in [0.1, 0.15) is 31.1 Å². The highest BCUT2D eigenvalue weighted by Gasteiger charge is 2.29. The minimum atomic E-state index is -4.56. The van der Waals surface area contributed by atoms with E-state index in [2.05, 4.69) is 5.32 Å². The van der Waals surface area contributed by atoms with E-state index < -0.39 is 43.8 Å². The minimum absolute atomic E-state index is 0.0887. The molecule has 0 aliphatic rings. The predicted octanol–water partition coefficient (Wildman–Crippen LogP) is 2.76. The molecule has 0 aliphatic carbocycles. The molecule has 0 spiro atoms. The van der Waals surface area contributed by atoms with E-state index in [4.69, 9.17) is 0 Å². The average Bonchev–Trinajstić information content (AvgIpc) is 2.74. The highest BCUT2D eigenvalue weighted by Crippen LogP contribution is 2.22. The van der Waals surface area contributed by atoms with Crippen LogP contribution in [0, 0.1) is 0 Å². The molecule has 3 rings (SSSR count). The molecule has 0 heterocycles. The Balaban J connectivity index is 2.03. The number of hydrogen-bond donors (Lipinski definition) is 3. The Morgan fingerprint density at radius 1 is 0.733 bits per heavy atom. The number of rotatable bonds is 6. The van der Waals surface area contributed by atoms with Crippen LogP contribution in [-0.4, -0.2) is 31.3 Å². The third kappa shape index (κ3) is 4.53. The Bertz CT molecular complexity index is 1210. The van der Waals surface area contributed by atoms with Gasteiger partial charge in [0.25, 0.3) is 21.8 Å². The molecule has 0 fully saturated rings. The van der Waals surface area contributed by atoms with Gasteiger partial charge in [0.1, 0.15) is 4.90 Å². The van der Waals surface area contributed by atoms with E-state index in [1.54, 1.807) is 48.5 Å². The van der Waals surface area contributed by atoms with Gasteiger partial charge in [0, 0.05) is 11.3 Å². The van der Waals surface area contributed by atoms with E-state index >= 15 is 0 Å². The summed E-state index contributed by atoms with van der Waals surface area (Å²) in [6.07, 6.45) is 0. The highest BCUT2D eigenvalue weighted by atomic mass is 32.2. The fraction of sp³-hybridized carbons (Fsp3) is 0. The second-order valence-corrected chi connectivity index (χ2v) is 7.76. The average molecular weight is 424 g/mol. The zero-order valence-electron chi connectivity index (χ0n) is 15.4. The van der Waals surface area contributed by atoms with E-state index in [0.717, 1.165) is 12.1 Å². The molecule has 30 heavy (non-hydrogen) atoms. The van der Waals surface area contributed by atoms with Crippen molar-refractivity contribution in [3.8, 4) is 0 Å². The van der Waals surface area contributed by atoms with Crippen LogP contribution in [0.4, 0.5) is 5.69 Å². The van der Waals surface area contributed by atoms with Gasteiger partial charge < -0.3 is 10.4 Å². The summed E-state index contributed by atoms with van der Waals surface area (Å²) in [5, 5.41) is 11.9. The van der Waals surface area contributed by atoms with Crippen molar-refractivity contribution in [3.05, 3.63) is 95.6 Å². The number of carboxylic acid groups (broad SMARTS) is 1. The van der Waals surface area contributed by atoms with Gasteiger partial charge >= 0.3 is 5.97 Å². The Hall–Kier alpha value is -3.98. The van der Waals surface area contributed by atoms with Gasteiger partial charge in [0.15, 0.2) is 0 Å². The number of carbonyl (C=O) groups is 3. The molecular formula is C21H16N2O6S. The molecule has 3 N–H and O–H groups in total. The summed E-state index contributed by atoms with van der Waals surface area (Å²) < 4.78 is 27.6. The van der Waals surface area contributed by atoms with Crippen LogP contribution in [0.5, 0.6) is 0 Å². The number of sulfonamides is 1. The monoisotopic (exact) mass is 424 g/mol. The van der Waals surface area contributed by atoms with Gasteiger partial charge in [-0.05, 0) is 36.4 Å². The van der Waals surface area contributed by atoms with Gasteiger partial charge in [-0.1, -0.05) is 42.5 Å². The lowest BCUT2D eigenvalue weighted by Crippen LogP contribution is -2.32. The van der Waals surface area contributed by atoms with Gasteiger partial charge in [-0.15, -0.1) is 0 Å². The van der Waals surface area contributed by atoms with Crippen LogP contribution in [0.15, 0.2) is 83.8 Å². The normalized spacial score (nSPS) is 10.8. The molecule has 0 aromatic heterocycles. The molecular weight excluding hydrogens is 408 g/mol. The maximum atomic E-state index is 12.9. The summed E-state index contributed by atoms with van der Waals surface area (Å²) in [6.45, 7) is 0. The van der Waals surface area contributed by atoms with Crippen LogP contribution >= 0.6 is 0 Å². The van der Waals surface area contributed by atoms with Gasteiger partial charge in [-0.3, -0.25) is 9.59 Å². The number of anilines is 1. The van der Waals surface area contributed by atoms with Crippen molar-refractivity contribution in [1.29, 1.82) is 0 Å². The number of nitrogens with one attached hydrogen (secondary N) is 2. The summed E-state index contributed by atoms with van der Waals surface area (Å²) in [7, 11) is -4.56. The first-order valence-electron chi connectivity index (χ1n) is 8.64. The molecule has 8 nitrogen and oxygen atoms in total. The molecule has 0 unspecified atom stereocenters. The Morgan fingerprint density at radius 2 is 1.33 bits per heavy atom. The first-order chi connectivity index (χ1) is 14.3. The number of aromatic carboxylic acids is 1. The number of amides is 2. The topological polar surface area (TPSA) is 130 Å². The van der Waals surface area contributed by atoms with E-state index in [-0.39, 0.29) is 5.56 Å². The third-order valence-corrected chi connectivity index (χ3v) is 5.44. The van der Waals surface area contributed by atoms with Gasteiger partial charge in [0.2, 0.25) is 0 Å². The molecule has 2 amide bonds. The van der Waals surface area contributed by atoms with Crippen molar-refractivity contribution in [3.63, 3.8) is 0 Å². The molecule has 0 aliphatic heterocycles. The van der Waals surface area contributed by atoms with Gasteiger partial charge in [-0.25, -0.2) is 17.9 Å². The Kier molecular flexibility index (Phi) is 5.93. The zero-order valence-corrected chi connectivity index (χ0v) is 16.2. The smallest absolute Gasteiger partial charge is 0.336 e. The molecule has 3 aromatic carbocycles. The first kappa shape index (κ1) is 20.7. The van der Waals surface area contributed by atoms with Crippen molar-refractivity contribution in [2.24, 2.45) is 0 Å². The highest BCUT2D eigenvalue weighted by molar-refractivity contribution is 7.90. The molecule has 152 valence electrons. The summed E-state index contributed by atoms with van der Waals surface area (Å²) in [5.74, 6) is -3.34. The quantitative estimate of drug-likeness (QED) is 0.558. The molecule has 3 aromatic rings. The lowest BCUT2D eigenvalue weighted by atomic mass is 10.1. The molecule has 0 saturated heterocycles. The summed E-state index contributed by atoms with van der Waals surface area (Å²) in [6, 6.07) is 19.1. The Labute approximate surface area is 172 Å². The Morgan fingerprint density at radius 3 is 1.93 bits per heavy atom. The SMILES string of the molecule is O=C(NS(=O)(=O)c1cccc(C(=O)O)c1C(=O)Nc1ccccc1)c1ccccc1. The van der Waals surface area contributed by atoms with Crippen molar-refractivity contribution in [1.82, 2.24) is 4.72 Å². The standard InChI is InChI=1S/C21H16N2O6S/c24-19(14-8-3-1-4-9-14)23-30(28,29)17-13-7-12-16(21(26)27)18(17)20(25)22-15-10-5-2-6-11-15/h1-13H,(H,22,25)(H,23,24)(H,26,27). The maximum absolute atomic E-state index is 12.9. The lowest BCUT2D eigenvalue weighted by molar-refractivity contribution is 0.0692.